The molecular formula is C23H37F2N5O3. The number of halogens is 2. The van der Waals surface area contributed by atoms with E-state index in [-0.39, 0.29) is 36.5 Å². The van der Waals surface area contributed by atoms with Crippen molar-refractivity contribution in [1.82, 2.24) is 19.9 Å². The van der Waals surface area contributed by atoms with Crippen molar-refractivity contribution in [3.8, 4) is 0 Å². The van der Waals surface area contributed by atoms with Crippen molar-refractivity contribution >= 4 is 11.7 Å². The first kappa shape index (κ1) is 26.9. The number of hydrogen-bond donors (Lipinski definition) is 2. The van der Waals surface area contributed by atoms with E-state index in [1.165, 1.54) is 7.05 Å². The maximum absolute atomic E-state index is 13.2. The number of aromatic nitrogens is 3. The van der Waals surface area contributed by atoms with E-state index < -0.39 is 5.92 Å². The zero-order valence-corrected chi connectivity index (χ0v) is 20.2. The molecule has 0 spiro atoms. The summed E-state index contributed by atoms with van der Waals surface area (Å²) in [5.74, 6) is -2.21. The molecule has 0 aromatic carbocycles. The maximum Gasteiger partial charge on any atom is 0.407 e. The summed E-state index contributed by atoms with van der Waals surface area (Å²) >= 11 is 0. The lowest BCUT2D eigenvalue weighted by molar-refractivity contribution is -0.0457. The van der Waals surface area contributed by atoms with Crippen molar-refractivity contribution in [3.05, 3.63) is 29.7 Å². The predicted octanol–water partition coefficient (Wildman–Crippen LogP) is 4.27. The summed E-state index contributed by atoms with van der Waals surface area (Å²) in [5, 5.41) is 6.71. The number of alkyl halides is 2. The number of nitrogens with one attached hydrogen (secondary N) is 1. The Kier molecular flexibility index (Phi) is 9.54. The normalized spacial score (nSPS) is 17.2. The molecule has 2 aromatic rings. The summed E-state index contributed by atoms with van der Waals surface area (Å²) in [5.41, 5.74) is 8.20. The molecule has 2 aromatic heterocycles. The first-order valence-electron chi connectivity index (χ1n) is 11.4. The first-order valence-corrected chi connectivity index (χ1v) is 11.4. The van der Waals surface area contributed by atoms with Crippen molar-refractivity contribution in [2.75, 3.05) is 20.3 Å². The molecule has 0 bridgehead atoms. The Labute approximate surface area is 194 Å². The van der Waals surface area contributed by atoms with Crippen LogP contribution in [0, 0.1) is 5.92 Å². The minimum absolute atomic E-state index is 0.0142. The molecule has 10 heteroatoms. The Morgan fingerprint density at radius 1 is 1.36 bits per heavy atom. The summed E-state index contributed by atoms with van der Waals surface area (Å²) in [7, 11) is 1.54. The van der Waals surface area contributed by atoms with Gasteiger partial charge in [-0.05, 0) is 64.5 Å². The standard InChI is InChI=1S/C17H24F2N4O.C6H13NO2/c1-2-24-11-15(20)13-8-16-22-14(10-23(16)21-9-13)7-12-3-5-17(18,19)6-4-12;1-6(2,3)9-5(8)7-4/h8-10,12,15H,2-7,11,20H2,1H3;1-4H3,(H,7,8). The molecule has 0 radical (unpaired) electrons. The van der Waals surface area contributed by atoms with Crippen molar-refractivity contribution in [2.45, 2.75) is 77.4 Å². The molecule has 3 rings (SSSR count). The number of nitrogens with two attached hydrogens (primary N) is 1. The third-order valence-corrected chi connectivity index (χ3v) is 5.26. The van der Waals surface area contributed by atoms with Crippen LogP contribution in [0.25, 0.3) is 5.65 Å². The molecule has 1 aliphatic rings. The highest BCUT2D eigenvalue weighted by molar-refractivity contribution is 5.67. The van der Waals surface area contributed by atoms with Crippen LogP contribution >= 0.6 is 0 Å². The predicted molar refractivity (Wildman–Crippen MR) is 122 cm³/mol. The van der Waals surface area contributed by atoms with Crippen LogP contribution in [0.1, 0.15) is 70.7 Å². The molecule has 0 aliphatic heterocycles. The zero-order valence-electron chi connectivity index (χ0n) is 20.2. The smallest absolute Gasteiger partial charge is 0.407 e. The molecule has 186 valence electrons. The van der Waals surface area contributed by atoms with Crippen LogP contribution in [0.5, 0.6) is 0 Å². The van der Waals surface area contributed by atoms with Crippen molar-refractivity contribution < 1.29 is 23.0 Å². The first-order chi connectivity index (χ1) is 15.4. The molecule has 0 saturated heterocycles. The average molecular weight is 470 g/mol. The Bertz CT molecular complexity index is 888. The molecule has 2 heterocycles. The number of amides is 1. The second-order valence-corrected chi connectivity index (χ2v) is 9.35. The van der Waals surface area contributed by atoms with Gasteiger partial charge in [0.2, 0.25) is 5.92 Å². The number of carbonyl (C=O) groups is 1. The van der Waals surface area contributed by atoms with E-state index in [2.05, 4.69) is 15.4 Å². The van der Waals surface area contributed by atoms with Crippen LogP contribution in [-0.2, 0) is 15.9 Å². The molecule has 33 heavy (non-hydrogen) atoms. The number of nitrogens with zero attached hydrogens (tertiary/aromatic N) is 3. The molecule has 1 fully saturated rings. The van der Waals surface area contributed by atoms with Gasteiger partial charge in [0.15, 0.2) is 5.65 Å². The molecule has 3 N–H and O–H groups in total. The van der Waals surface area contributed by atoms with Crippen LogP contribution in [-0.4, -0.2) is 52.5 Å². The summed E-state index contributed by atoms with van der Waals surface area (Å²) in [6, 6.07) is 1.68. The summed E-state index contributed by atoms with van der Waals surface area (Å²) in [6.45, 7) is 8.46. The molecule has 1 atom stereocenters. The minimum atomic E-state index is -2.48. The van der Waals surface area contributed by atoms with Gasteiger partial charge in [-0.2, -0.15) is 5.10 Å². The molecular weight excluding hydrogens is 432 g/mol. The van der Waals surface area contributed by atoms with Gasteiger partial charge in [0, 0.05) is 26.5 Å². The average Bonchev–Trinajstić information content (AvgIpc) is 3.14. The molecule has 1 aliphatic carbocycles. The maximum atomic E-state index is 13.2. The topological polar surface area (TPSA) is 104 Å². The Hall–Kier alpha value is -2.33. The Balaban J connectivity index is 0.000000365. The van der Waals surface area contributed by atoms with E-state index in [0.717, 1.165) is 23.3 Å². The van der Waals surface area contributed by atoms with Gasteiger partial charge in [-0.15, -0.1) is 0 Å². The van der Waals surface area contributed by atoms with Gasteiger partial charge in [-0.25, -0.2) is 23.1 Å². The van der Waals surface area contributed by atoms with E-state index >= 15 is 0 Å². The molecule has 8 nitrogen and oxygen atoms in total. The highest BCUT2D eigenvalue weighted by atomic mass is 19.3. The van der Waals surface area contributed by atoms with Gasteiger partial charge in [-0.1, -0.05) is 0 Å². The Morgan fingerprint density at radius 2 is 2.03 bits per heavy atom. The van der Waals surface area contributed by atoms with Gasteiger partial charge in [0.25, 0.3) is 0 Å². The van der Waals surface area contributed by atoms with Crippen molar-refractivity contribution in [2.24, 2.45) is 11.7 Å². The lowest BCUT2D eigenvalue weighted by Crippen LogP contribution is -2.30. The SMILES string of the molecule is CCOCC(N)c1cnn2cc(CC3CCC(F)(F)CC3)nc2c1.CNC(=O)OC(C)(C)C. The van der Waals surface area contributed by atoms with Gasteiger partial charge in [0.05, 0.1) is 30.7 Å². The monoisotopic (exact) mass is 469 g/mol. The Morgan fingerprint density at radius 3 is 2.58 bits per heavy atom. The fourth-order valence-electron chi connectivity index (χ4n) is 3.51. The fraction of sp³-hybridized carbons (Fsp3) is 0.696. The lowest BCUT2D eigenvalue weighted by Gasteiger charge is -2.27. The molecule has 1 unspecified atom stereocenters. The number of rotatable bonds is 6. The van der Waals surface area contributed by atoms with E-state index in [1.807, 2.05) is 40.0 Å². The van der Waals surface area contributed by atoms with Crippen LogP contribution in [0.3, 0.4) is 0 Å². The number of fused-ring (bicyclic) bond motifs is 1. The third kappa shape index (κ3) is 9.21. The van der Waals surface area contributed by atoms with Crippen LogP contribution in [0.4, 0.5) is 13.6 Å². The van der Waals surface area contributed by atoms with Crippen LogP contribution in [0.2, 0.25) is 0 Å². The van der Waals surface area contributed by atoms with Crippen LogP contribution < -0.4 is 11.1 Å². The molecule has 1 saturated carbocycles. The second-order valence-electron chi connectivity index (χ2n) is 9.35. The van der Waals surface area contributed by atoms with E-state index in [0.29, 0.717) is 26.1 Å². The van der Waals surface area contributed by atoms with E-state index in [9.17, 15) is 13.6 Å². The zero-order chi connectivity index (χ0) is 24.6. The highest BCUT2D eigenvalue weighted by Gasteiger charge is 2.35. The molecule has 1 amide bonds. The summed E-state index contributed by atoms with van der Waals surface area (Å²) in [4.78, 5) is 15.1. The largest absolute Gasteiger partial charge is 0.444 e. The number of carbonyl (C=O) groups excluding carboxylic acids is 1. The number of ether oxygens (including phenoxy) is 2. The van der Waals surface area contributed by atoms with Crippen molar-refractivity contribution in [1.29, 1.82) is 0 Å². The number of alkyl carbamates (subject to hydrolysis) is 1. The quantitative estimate of drug-likeness (QED) is 0.655. The van der Waals surface area contributed by atoms with Gasteiger partial charge >= 0.3 is 6.09 Å². The van der Waals surface area contributed by atoms with Crippen molar-refractivity contribution in [3.63, 3.8) is 0 Å². The van der Waals surface area contributed by atoms with Crippen LogP contribution in [0.15, 0.2) is 18.5 Å². The number of hydrogen-bond acceptors (Lipinski definition) is 6. The van der Waals surface area contributed by atoms with Gasteiger partial charge in [0.1, 0.15) is 5.60 Å². The minimum Gasteiger partial charge on any atom is -0.444 e. The summed E-state index contributed by atoms with van der Waals surface area (Å²) < 4.78 is 38.4. The lowest BCUT2D eigenvalue weighted by atomic mass is 9.84. The third-order valence-electron chi connectivity index (χ3n) is 5.26. The summed E-state index contributed by atoms with van der Waals surface area (Å²) in [6.07, 6.45) is 5.02. The number of imidazole rings is 1. The van der Waals surface area contributed by atoms with E-state index in [4.69, 9.17) is 15.2 Å². The van der Waals surface area contributed by atoms with Gasteiger partial charge < -0.3 is 20.5 Å². The fourth-order valence-corrected chi connectivity index (χ4v) is 3.51. The second kappa shape index (κ2) is 11.7. The van der Waals surface area contributed by atoms with E-state index in [1.54, 1.807) is 10.7 Å². The highest BCUT2D eigenvalue weighted by Crippen LogP contribution is 2.37. The van der Waals surface area contributed by atoms with Gasteiger partial charge in [-0.3, -0.25) is 0 Å².